The Kier molecular flexibility index (Phi) is 7.03. The first-order chi connectivity index (χ1) is 14.0. The van der Waals surface area contributed by atoms with Crippen LogP contribution in [0.4, 0.5) is 0 Å². The van der Waals surface area contributed by atoms with E-state index < -0.39 is 5.79 Å². The molecular formula is C23H27ClN2O3S2. The molecule has 2 aliphatic rings. The summed E-state index contributed by atoms with van der Waals surface area (Å²) in [4.78, 5) is 0. The van der Waals surface area contributed by atoms with E-state index in [9.17, 15) is 0 Å². The van der Waals surface area contributed by atoms with Crippen molar-refractivity contribution < 1.29 is 14.2 Å². The molecule has 3 aromatic rings. The van der Waals surface area contributed by atoms with Gasteiger partial charge in [-0.15, -0.1) is 0 Å². The van der Waals surface area contributed by atoms with Crippen LogP contribution in [0, 0.1) is 0 Å². The van der Waals surface area contributed by atoms with Crippen LogP contribution in [0.5, 0.6) is 5.75 Å². The molecule has 0 N–H and O–H groups in total. The first-order valence-electron chi connectivity index (χ1n) is 9.85. The summed E-state index contributed by atoms with van der Waals surface area (Å²) in [7, 11) is 1.68. The summed E-state index contributed by atoms with van der Waals surface area (Å²) in [5.41, 5.74) is 5.13. The van der Waals surface area contributed by atoms with Crippen molar-refractivity contribution in [3.05, 3.63) is 64.8 Å². The fraction of sp³-hybridized carbons (Fsp3) is 0.348. The molecule has 0 amide bonds. The van der Waals surface area contributed by atoms with Gasteiger partial charge in [-0.25, -0.2) is 4.68 Å². The van der Waals surface area contributed by atoms with Crippen LogP contribution in [0.3, 0.4) is 0 Å². The molecule has 1 aliphatic heterocycles. The maximum atomic E-state index is 6.25. The lowest BCUT2D eigenvalue weighted by atomic mass is 10.1. The van der Waals surface area contributed by atoms with Crippen molar-refractivity contribution in [1.82, 2.24) is 9.78 Å². The Hall–Kier alpha value is -1.64. The number of benzene rings is 2. The van der Waals surface area contributed by atoms with Gasteiger partial charge < -0.3 is 14.2 Å². The van der Waals surface area contributed by atoms with Crippen LogP contribution in [0.2, 0.25) is 5.02 Å². The molecule has 1 spiro atoms. The van der Waals surface area contributed by atoms with E-state index in [4.69, 9.17) is 30.9 Å². The number of ether oxygens (including phenoxy) is 3. The molecule has 2 aromatic carbocycles. The van der Waals surface area contributed by atoms with Gasteiger partial charge in [0.05, 0.1) is 30.7 Å². The Morgan fingerprint density at radius 3 is 2.29 bits per heavy atom. The van der Waals surface area contributed by atoms with E-state index in [1.165, 1.54) is 0 Å². The van der Waals surface area contributed by atoms with Gasteiger partial charge in [-0.05, 0) is 38.1 Å². The third kappa shape index (κ3) is 4.10. The molecule has 2 heterocycles. The van der Waals surface area contributed by atoms with Crippen LogP contribution in [-0.4, -0.2) is 34.9 Å². The van der Waals surface area contributed by atoms with Crippen molar-refractivity contribution in [3.8, 4) is 22.7 Å². The first-order valence-corrected chi connectivity index (χ1v) is 10.2. The van der Waals surface area contributed by atoms with Gasteiger partial charge in [-0.1, -0.05) is 35.9 Å². The number of methoxy groups -OCH3 is 1. The second-order valence-corrected chi connectivity index (χ2v) is 8.21. The minimum absolute atomic E-state index is 0. The SMILES string of the molecule is COc1ccccc1-n1nc2c(c1-c1ccc(Cl)cc1)CC1(C2)O[C@@H](C)[C@H](C)O1.S.S. The van der Waals surface area contributed by atoms with E-state index in [-0.39, 0.29) is 39.2 Å². The summed E-state index contributed by atoms with van der Waals surface area (Å²) in [6, 6.07) is 15.8. The lowest BCUT2D eigenvalue weighted by Crippen LogP contribution is -2.32. The molecule has 8 heteroatoms. The fourth-order valence-electron chi connectivity index (χ4n) is 4.36. The summed E-state index contributed by atoms with van der Waals surface area (Å²) < 4.78 is 20.1. The molecule has 0 saturated carbocycles. The molecule has 0 unspecified atom stereocenters. The number of nitrogens with zero attached hydrogens (tertiary/aromatic N) is 2. The smallest absolute Gasteiger partial charge is 0.178 e. The van der Waals surface area contributed by atoms with E-state index in [2.05, 4.69) is 13.8 Å². The Morgan fingerprint density at radius 1 is 1.00 bits per heavy atom. The standard InChI is InChI=1S/C23H23ClN2O3.2H2S/c1-14-15(2)29-23(28-14)12-18-19(13-23)25-26(20-6-4-5-7-21(20)27-3)22(18)16-8-10-17(24)11-9-16;;/h4-11,14-15H,12-13H2,1-3H3;2*1H2/t14-,15-;;/m0../s1. The average Bonchev–Trinajstić information content (AvgIpc) is 3.32. The zero-order valence-corrected chi connectivity index (χ0v) is 20.4. The molecule has 166 valence electrons. The molecule has 0 radical (unpaired) electrons. The monoisotopic (exact) mass is 478 g/mol. The van der Waals surface area contributed by atoms with E-state index >= 15 is 0 Å². The summed E-state index contributed by atoms with van der Waals surface area (Å²) in [5, 5.41) is 5.69. The van der Waals surface area contributed by atoms with E-state index in [1.54, 1.807) is 7.11 Å². The van der Waals surface area contributed by atoms with Crippen LogP contribution in [-0.2, 0) is 22.3 Å². The molecule has 5 rings (SSSR count). The highest BCUT2D eigenvalue weighted by molar-refractivity contribution is 7.59. The fourth-order valence-corrected chi connectivity index (χ4v) is 4.48. The lowest BCUT2D eigenvalue weighted by Gasteiger charge is -2.23. The Bertz CT molecular complexity index is 1060. The minimum Gasteiger partial charge on any atom is -0.494 e. The van der Waals surface area contributed by atoms with Gasteiger partial charge >= 0.3 is 0 Å². The van der Waals surface area contributed by atoms with Gasteiger partial charge in [0.15, 0.2) is 5.79 Å². The maximum Gasteiger partial charge on any atom is 0.178 e. The van der Waals surface area contributed by atoms with E-state index in [1.807, 2.05) is 53.2 Å². The van der Waals surface area contributed by atoms with Crippen LogP contribution >= 0.6 is 38.6 Å². The number of fused-ring (bicyclic) bond motifs is 1. The zero-order valence-electron chi connectivity index (χ0n) is 17.7. The number of hydrogen-bond donors (Lipinski definition) is 0. The zero-order chi connectivity index (χ0) is 20.2. The molecule has 1 fully saturated rings. The summed E-state index contributed by atoms with van der Waals surface area (Å²) in [6.45, 7) is 4.12. The van der Waals surface area contributed by atoms with E-state index in [0.29, 0.717) is 17.9 Å². The molecule has 1 saturated heterocycles. The van der Waals surface area contributed by atoms with Crippen LogP contribution < -0.4 is 4.74 Å². The van der Waals surface area contributed by atoms with Gasteiger partial charge in [0.2, 0.25) is 0 Å². The predicted octanol–water partition coefficient (Wildman–Crippen LogP) is 5.05. The van der Waals surface area contributed by atoms with Gasteiger partial charge in [-0.3, -0.25) is 0 Å². The van der Waals surface area contributed by atoms with Crippen molar-refractivity contribution in [1.29, 1.82) is 0 Å². The molecular weight excluding hydrogens is 452 g/mol. The van der Waals surface area contributed by atoms with Crippen LogP contribution in [0.1, 0.15) is 25.1 Å². The highest BCUT2D eigenvalue weighted by Crippen LogP contribution is 2.45. The quantitative estimate of drug-likeness (QED) is 0.528. The first kappa shape index (κ1) is 24.0. The third-order valence-corrected chi connectivity index (χ3v) is 6.09. The lowest BCUT2D eigenvalue weighted by molar-refractivity contribution is -0.164. The van der Waals surface area contributed by atoms with Gasteiger partial charge in [-0.2, -0.15) is 32.1 Å². The summed E-state index contributed by atoms with van der Waals surface area (Å²) >= 11 is 6.14. The second-order valence-electron chi connectivity index (χ2n) is 7.77. The highest BCUT2D eigenvalue weighted by atomic mass is 35.5. The largest absolute Gasteiger partial charge is 0.494 e. The molecule has 1 aliphatic carbocycles. The normalized spacial score (nSPS) is 20.8. The van der Waals surface area contributed by atoms with Crippen molar-refractivity contribution in [2.75, 3.05) is 7.11 Å². The Balaban J connectivity index is 0.00000136. The van der Waals surface area contributed by atoms with Gasteiger partial charge in [0.1, 0.15) is 11.4 Å². The van der Waals surface area contributed by atoms with Crippen LogP contribution in [0.25, 0.3) is 16.9 Å². The van der Waals surface area contributed by atoms with Gasteiger partial charge in [0.25, 0.3) is 0 Å². The Labute approximate surface area is 201 Å². The molecule has 0 bridgehead atoms. The molecule has 1 aromatic heterocycles. The Morgan fingerprint density at radius 2 is 1.65 bits per heavy atom. The van der Waals surface area contributed by atoms with Crippen molar-refractivity contribution >= 4 is 38.6 Å². The van der Waals surface area contributed by atoms with E-state index in [0.717, 1.165) is 34.0 Å². The van der Waals surface area contributed by atoms with Crippen molar-refractivity contribution in [3.63, 3.8) is 0 Å². The number of rotatable bonds is 3. The highest BCUT2D eigenvalue weighted by Gasteiger charge is 2.50. The topological polar surface area (TPSA) is 45.5 Å². The number of para-hydroxylation sites is 2. The summed E-state index contributed by atoms with van der Waals surface area (Å²) in [5.74, 6) is 0.159. The molecule has 2 atom stereocenters. The summed E-state index contributed by atoms with van der Waals surface area (Å²) in [6.07, 6.45) is 1.45. The molecule has 31 heavy (non-hydrogen) atoms. The second kappa shape index (κ2) is 9.08. The van der Waals surface area contributed by atoms with Gasteiger partial charge in [0, 0.05) is 29.0 Å². The average molecular weight is 479 g/mol. The maximum absolute atomic E-state index is 6.25. The third-order valence-electron chi connectivity index (χ3n) is 5.84. The van der Waals surface area contributed by atoms with Crippen molar-refractivity contribution in [2.45, 2.75) is 44.7 Å². The minimum atomic E-state index is -0.614. The number of hydrogen-bond acceptors (Lipinski definition) is 4. The number of aromatic nitrogens is 2. The molecule has 5 nitrogen and oxygen atoms in total. The van der Waals surface area contributed by atoms with Crippen molar-refractivity contribution in [2.24, 2.45) is 0 Å². The predicted molar refractivity (Wildman–Crippen MR) is 133 cm³/mol. The number of halogens is 1. The van der Waals surface area contributed by atoms with Crippen LogP contribution in [0.15, 0.2) is 48.5 Å².